The first kappa shape index (κ1) is 15.2. The molecule has 1 fully saturated rings. The van der Waals surface area contributed by atoms with E-state index in [1.54, 1.807) is 0 Å². The number of rotatable bonds is 2. The summed E-state index contributed by atoms with van der Waals surface area (Å²) < 4.78 is 44.7. The third-order valence-corrected chi connectivity index (χ3v) is 3.37. The molecule has 1 aromatic rings. The van der Waals surface area contributed by atoms with Crippen molar-refractivity contribution < 1.29 is 28.1 Å². The Balaban J connectivity index is 2.47. The van der Waals surface area contributed by atoms with Crippen LogP contribution >= 0.6 is 12.2 Å². The fourth-order valence-electron chi connectivity index (χ4n) is 2.12. The van der Waals surface area contributed by atoms with Crippen molar-refractivity contribution in [3.05, 3.63) is 27.4 Å². The van der Waals surface area contributed by atoms with E-state index in [0.717, 1.165) is 16.8 Å². The van der Waals surface area contributed by atoms with E-state index in [9.17, 15) is 23.1 Å². The maximum atomic E-state index is 13.0. The SMILES string of the molecule is O=c1ccn([C@@H]2O[C@H](CO)C(O)[C@@H]2C(F)(F)F)c(=S)[nH]1. The van der Waals surface area contributed by atoms with E-state index in [-0.39, 0.29) is 4.77 Å². The standard InChI is InChI=1S/C10H11F3N2O4S/c11-10(12,13)6-7(18)4(3-16)19-8(6)15-2-1-5(17)14-9(15)20/h1-2,4,6-8,16,18H,3H2,(H,14,17,20)/t4-,6+,7?,8-/m1/s1. The molecule has 0 spiro atoms. The molecule has 3 N–H and O–H groups in total. The molecular weight excluding hydrogens is 301 g/mol. The van der Waals surface area contributed by atoms with Crippen LogP contribution < -0.4 is 5.56 Å². The number of hydrogen-bond acceptors (Lipinski definition) is 5. The molecule has 6 nitrogen and oxygen atoms in total. The van der Waals surface area contributed by atoms with Crippen molar-refractivity contribution in [3.8, 4) is 0 Å². The Labute approximate surface area is 115 Å². The van der Waals surface area contributed by atoms with E-state index in [2.05, 4.69) is 4.98 Å². The normalized spacial score (nSPS) is 30.6. The molecule has 112 valence electrons. The first-order chi connectivity index (χ1) is 9.25. The fraction of sp³-hybridized carbons (Fsp3) is 0.600. The van der Waals surface area contributed by atoms with Crippen LogP contribution in [0.25, 0.3) is 0 Å². The van der Waals surface area contributed by atoms with Crippen LogP contribution in [0.5, 0.6) is 0 Å². The Bertz CT molecular complexity index is 599. The van der Waals surface area contributed by atoms with Crippen molar-refractivity contribution in [3.63, 3.8) is 0 Å². The largest absolute Gasteiger partial charge is 0.398 e. The van der Waals surface area contributed by atoms with Crippen LogP contribution in [0.2, 0.25) is 0 Å². The number of aromatic amines is 1. The van der Waals surface area contributed by atoms with Crippen molar-refractivity contribution in [2.75, 3.05) is 6.61 Å². The molecular formula is C10H11F3N2O4S. The molecule has 4 atom stereocenters. The Morgan fingerprint density at radius 1 is 1.50 bits per heavy atom. The molecule has 1 saturated heterocycles. The number of ether oxygens (including phenoxy) is 1. The minimum Gasteiger partial charge on any atom is -0.394 e. The highest BCUT2D eigenvalue weighted by molar-refractivity contribution is 7.71. The summed E-state index contributed by atoms with van der Waals surface area (Å²) in [5.41, 5.74) is -0.563. The molecule has 0 radical (unpaired) electrons. The van der Waals surface area contributed by atoms with Crippen LogP contribution in [-0.4, -0.2) is 44.8 Å². The van der Waals surface area contributed by atoms with Gasteiger partial charge in [-0.25, -0.2) is 0 Å². The maximum Gasteiger partial charge on any atom is 0.398 e. The first-order valence-electron chi connectivity index (χ1n) is 5.58. The molecule has 2 rings (SSSR count). The van der Waals surface area contributed by atoms with E-state index in [1.165, 1.54) is 0 Å². The van der Waals surface area contributed by atoms with Crippen LogP contribution in [0.3, 0.4) is 0 Å². The van der Waals surface area contributed by atoms with Gasteiger partial charge in [-0.3, -0.25) is 14.3 Å². The molecule has 2 heterocycles. The van der Waals surface area contributed by atoms with Crippen LogP contribution in [-0.2, 0) is 4.74 Å². The second kappa shape index (κ2) is 5.28. The van der Waals surface area contributed by atoms with E-state index in [4.69, 9.17) is 22.1 Å². The maximum absolute atomic E-state index is 13.0. The van der Waals surface area contributed by atoms with Crippen molar-refractivity contribution in [2.45, 2.75) is 24.6 Å². The predicted molar refractivity (Wildman–Crippen MR) is 62.4 cm³/mol. The van der Waals surface area contributed by atoms with Gasteiger partial charge < -0.3 is 14.9 Å². The lowest BCUT2D eigenvalue weighted by molar-refractivity contribution is -0.211. The summed E-state index contributed by atoms with van der Waals surface area (Å²) in [5, 5.41) is 18.6. The molecule has 0 aliphatic carbocycles. The lowest BCUT2D eigenvalue weighted by Gasteiger charge is -2.24. The number of aliphatic hydroxyl groups is 2. The molecule has 0 bridgehead atoms. The number of halogens is 3. The highest BCUT2D eigenvalue weighted by atomic mass is 32.1. The number of H-pyrrole nitrogens is 1. The van der Waals surface area contributed by atoms with E-state index >= 15 is 0 Å². The van der Waals surface area contributed by atoms with Crippen LogP contribution in [0.1, 0.15) is 6.23 Å². The van der Waals surface area contributed by atoms with Crippen LogP contribution in [0, 0.1) is 10.7 Å². The quantitative estimate of drug-likeness (QED) is 0.685. The number of nitrogens with zero attached hydrogens (tertiary/aromatic N) is 1. The van der Waals surface area contributed by atoms with Crippen molar-refractivity contribution in [1.29, 1.82) is 0 Å². The number of hydrogen-bond donors (Lipinski definition) is 3. The summed E-state index contributed by atoms with van der Waals surface area (Å²) in [7, 11) is 0. The molecule has 10 heteroatoms. The third-order valence-electron chi connectivity index (χ3n) is 3.05. The van der Waals surface area contributed by atoms with Gasteiger partial charge in [0.15, 0.2) is 11.0 Å². The van der Waals surface area contributed by atoms with E-state index in [1.807, 2.05) is 0 Å². The van der Waals surface area contributed by atoms with Gasteiger partial charge in [-0.2, -0.15) is 13.2 Å². The number of aromatic nitrogens is 2. The van der Waals surface area contributed by atoms with Gasteiger partial charge in [-0.1, -0.05) is 0 Å². The summed E-state index contributed by atoms with van der Waals surface area (Å²) in [4.78, 5) is 13.2. The highest BCUT2D eigenvalue weighted by Crippen LogP contribution is 2.44. The zero-order valence-corrected chi connectivity index (χ0v) is 10.7. The first-order valence-corrected chi connectivity index (χ1v) is 5.99. The van der Waals surface area contributed by atoms with Crippen molar-refractivity contribution in [1.82, 2.24) is 9.55 Å². The molecule has 1 aliphatic rings. The lowest BCUT2D eigenvalue weighted by Crippen LogP contribution is -2.39. The molecule has 0 amide bonds. The summed E-state index contributed by atoms with van der Waals surface area (Å²) in [5.74, 6) is -2.25. The summed E-state index contributed by atoms with van der Waals surface area (Å²) in [6.07, 6.45) is -8.64. The van der Waals surface area contributed by atoms with Crippen molar-refractivity contribution in [2.24, 2.45) is 5.92 Å². The Kier molecular flexibility index (Phi) is 4.00. The Morgan fingerprint density at radius 2 is 2.15 bits per heavy atom. The fourth-order valence-corrected chi connectivity index (χ4v) is 2.38. The van der Waals surface area contributed by atoms with E-state index in [0.29, 0.717) is 0 Å². The minimum atomic E-state index is -4.75. The average Bonchev–Trinajstić information content (AvgIpc) is 2.65. The summed E-state index contributed by atoms with van der Waals surface area (Å²) >= 11 is 4.78. The van der Waals surface area contributed by atoms with Gasteiger partial charge in [0.05, 0.1) is 12.7 Å². The van der Waals surface area contributed by atoms with Gasteiger partial charge in [-0.05, 0) is 12.2 Å². The summed E-state index contributed by atoms with van der Waals surface area (Å²) in [6.45, 7) is -0.763. The Morgan fingerprint density at radius 3 is 2.65 bits per heavy atom. The number of aliphatic hydroxyl groups excluding tert-OH is 2. The van der Waals surface area contributed by atoms with Gasteiger partial charge >= 0.3 is 6.18 Å². The number of nitrogens with one attached hydrogen (secondary N) is 1. The zero-order valence-electron chi connectivity index (χ0n) is 9.87. The molecule has 1 aliphatic heterocycles. The molecule has 0 aromatic carbocycles. The van der Waals surface area contributed by atoms with Crippen LogP contribution in [0.4, 0.5) is 13.2 Å². The smallest absolute Gasteiger partial charge is 0.394 e. The average molecular weight is 312 g/mol. The van der Waals surface area contributed by atoms with Gasteiger partial charge in [-0.15, -0.1) is 0 Å². The molecule has 1 unspecified atom stereocenters. The van der Waals surface area contributed by atoms with Gasteiger partial charge in [0.1, 0.15) is 12.0 Å². The van der Waals surface area contributed by atoms with Crippen LogP contribution in [0.15, 0.2) is 17.1 Å². The van der Waals surface area contributed by atoms with Crippen molar-refractivity contribution >= 4 is 12.2 Å². The predicted octanol–water partition coefficient (Wildman–Crippen LogP) is 0.335. The topological polar surface area (TPSA) is 87.5 Å². The van der Waals surface area contributed by atoms with Gasteiger partial charge in [0.2, 0.25) is 0 Å². The number of alkyl halides is 3. The monoisotopic (exact) mass is 312 g/mol. The Hall–Kier alpha value is -1.23. The van der Waals surface area contributed by atoms with E-state index < -0.39 is 42.7 Å². The highest BCUT2D eigenvalue weighted by Gasteiger charge is 2.57. The molecule has 0 saturated carbocycles. The minimum absolute atomic E-state index is 0.262. The van der Waals surface area contributed by atoms with Gasteiger partial charge in [0.25, 0.3) is 5.56 Å². The second-order valence-corrected chi connectivity index (χ2v) is 4.71. The van der Waals surface area contributed by atoms with Gasteiger partial charge in [0, 0.05) is 12.3 Å². The third kappa shape index (κ3) is 2.64. The molecule has 1 aromatic heterocycles. The zero-order chi connectivity index (χ0) is 15.1. The molecule has 20 heavy (non-hydrogen) atoms. The summed E-state index contributed by atoms with van der Waals surface area (Å²) in [6, 6.07) is 0.991. The lowest BCUT2D eigenvalue weighted by atomic mass is 9.99. The second-order valence-electron chi connectivity index (χ2n) is 4.32.